The maximum atomic E-state index is 12.3. The van der Waals surface area contributed by atoms with E-state index in [1.807, 2.05) is 19.9 Å². The summed E-state index contributed by atoms with van der Waals surface area (Å²) >= 11 is 0. The summed E-state index contributed by atoms with van der Waals surface area (Å²) in [5, 5.41) is 11.9. The Morgan fingerprint density at radius 3 is 2.65 bits per heavy atom. The molecule has 5 nitrogen and oxygen atoms in total. The number of benzene rings is 1. The average molecular weight is 276 g/mol. The molecule has 0 aliphatic rings. The predicted molar refractivity (Wildman–Crippen MR) is 76.7 cm³/mol. The molecule has 0 heterocycles. The quantitative estimate of drug-likeness (QED) is 0.867. The van der Waals surface area contributed by atoms with Crippen LogP contribution in [-0.4, -0.2) is 25.2 Å². The summed E-state index contributed by atoms with van der Waals surface area (Å²) < 4.78 is 10.6. The van der Waals surface area contributed by atoms with Crippen LogP contribution in [0.2, 0.25) is 0 Å². The molecular weight excluding hydrogens is 256 g/mol. The fraction of sp³-hybridized carbons (Fsp3) is 0.467. The van der Waals surface area contributed by atoms with Crippen molar-refractivity contribution in [3.63, 3.8) is 0 Å². The molecule has 0 aromatic heterocycles. The van der Waals surface area contributed by atoms with Crippen LogP contribution in [0, 0.1) is 11.3 Å². The standard InChI is InChI=1S/C15H20N2O3/c1-5-15(3,20-6-2)14(18)17-13-8-7-12(19-4)9-11(13)10-16/h7-9H,5-6H2,1-4H3,(H,17,18)/t15-/m1/s1. The Balaban J connectivity index is 2.98. The molecule has 108 valence electrons. The van der Waals surface area contributed by atoms with Crippen molar-refractivity contribution in [3.05, 3.63) is 23.8 Å². The van der Waals surface area contributed by atoms with Crippen molar-refractivity contribution < 1.29 is 14.3 Å². The highest BCUT2D eigenvalue weighted by Gasteiger charge is 2.32. The first kappa shape index (κ1) is 16.0. The molecule has 5 heteroatoms. The zero-order chi connectivity index (χ0) is 15.2. The Labute approximate surface area is 119 Å². The largest absolute Gasteiger partial charge is 0.497 e. The molecule has 0 saturated carbocycles. The Hall–Kier alpha value is -2.06. The van der Waals surface area contributed by atoms with Crippen molar-refractivity contribution in [2.24, 2.45) is 0 Å². The van der Waals surface area contributed by atoms with E-state index in [4.69, 9.17) is 14.7 Å². The minimum absolute atomic E-state index is 0.261. The van der Waals surface area contributed by atoms with Gasteiger partial charge in [0.05, 0.1) is 18.4 Å². The molecule has 1 atom stereocenters. The fourth-order valence-corrected chi connectivity index (χ4v) is 1.75. The number of nitrogens with zero attached hydrogens (tertiary/aromatic N) is 1. The van der Waals surface area contributed by atoms with E-state index >= 15 is 0 Å². The number of hydrogen-bond donors (Lipinski definition) is 1. The van der Waals surface area contributed by atoms with E-state index in [0.29, 0.717) is 30.0 Å². The molecule has 1 N–H and O–H groups in total. The highest BCUT2D eigenvalue weighted by molar-refractivity contribution is 5.98. The van der Waals surface area contributed by atoms with Crippen LogP contribution in [-0.2, 0) is 9.53 Å². The zero-order valence-corrected chi connectivity index (χ0v) is 12.3. The van der Waals surface area contributed by atoms with Gasteiger partial charge in [-0.1, -0.05) is 6.92 Å². The molecule has 0 bridgehead atoms. The molecule has 20 heavy (non-hydrogen) atoms. The first-order chi connectivity index (χ1) is 9.50. The predicted octanol–water partition coefficient (Wildman–Crippen LogP) is 2.71. The highest BCUT2D eigenvalue weighted by Crippen LogP contribution is 2.24. The molecular formula is C15H20N2O3. The van der Waals surface area contributed by atoms with Gasteiger partial charge in [-0.15, -0.1) is 0 Å². The lowest BCUT2D eigenvalue weighted by Crippen LogP contribution is -2.42. The Morgan fingerprint density at radius 1 is 1.45 bits per heavy atom. The molecule has 1 aromatic carbocycles. The van der Waals surface area contributed by atoms with Crippen LogP contribution in [0.25, 0.3) is 0 Å². The number of anilines is 1. The lowest BCUT2D eigenvalue weighted by Gasteiger charge is -2.27. The van der Waals surface area contributed by atoms with Crippen LogP contribution in [0.1, 0.15) is 32.8 Å². The summed E-state index contributed by atoms with van der Waals surface area (Å²) in [5.41, 5.74) is -0.0909. The van der Waals surface area contributed by atoms with Crippen molar-refractivity contribution in [3.8, 4) is 11.8 Å². The van der Waals surface area contributed by atoms with E-state index in [9.17, 15) is 4.79 Å². The van der Waals surface area contributed by atoms with Gasteiger partial charge in [0.25, 0.3) is 5.91 Å². The number of carbonyl (C=O) groups excluding carboxylic acids is 1. The molecule has 0 aliphatic heterocycles. The zero-order valence-electron chi connectivity index (χ0n) is 12.3. The minimum Gasteiger partial charge on any atom is -0.497 e. The van der Waals surface area contributed by atoms with E-state index < -0.39 is 5.60 Å². The maximum absolute atomic E-state index is 12.3. The number of hydrogen-bond acceptors (Lipinski definition) is 4. The van der Waals surface area contributed by atoms with Crippen LogP contribution in [0.4, 0.5) is 5.69 Å². The minimum atomic E-state index is -0.901. The van der Waals surface area contributed by atoms with Crippen LogP contribution < -0.4 is 10.1 Å². The first-order valence-corrected chi connectivity index (χ1v) is 6.54. The normalized spacial score (nSPS) is 13.2. The lowest BCUT2D eigenvalue weighted by molar-refractivity contribution is -0.139. The molecule has 0 unspecified atom stereocenters. The summed E-state index contributed by atoms with van der Waals surface area (Å²) in [6.45, 7) is 5.91. The van der Waals surface area contributed by atoms with E-state index in [-0.39, 0.29) is 5.91 Å². The third-order valence-electron chi connectivity index (χ3n) is 3.21. The molecule has 0 aliphatic carbocycles. The number of nitriles is 1. The van der Waals surface area contributed by atoms with Gasteiger partial charge in [-0.2, -0.15) is 5.26 Å². The van der Waals surface area contributed by atoms with Gasteiger partial charge in [0.2, 0.25) is 0 Å². The molecule has 0 spiro atoms. The van der Waals surface area contributed by atoms with Crippen LogP contribution in [0.15, 0.2) is 18.2 Å². The molecule has 1 amide bonds. The van der Waals surface area contributed by atoms with Gasteiger partial charge in [-0.25, -0.2) is 0 Å². The van der Waals surface area contributed by atoms with Crippen molar-refractivity contribution in [1.29, 1.82) is 5.26 Å². The summed E-state index contributed by atoms with van der Waals surface area (Å²) in [6.07, 6.45) is 0.546. The smallest absolute Gasteiger partial charge is 0.256 e. The molecule has 1 rings (SSSR count). The summed E-state index contributed by atoms with van der Waals surface area (Å²) in [7, 11) is 1.53. The maximum Gasteiger partial charge on any atom is 0.256 e. The summed E-state index contributed by atoms with van der Waals surface area (Å²) in [6, 6.07) is 6.97. The highest BCUT2D eigenvalue weighted by atomic mass is 16.5. The number of ether oxygens (including phenoxy) is 2. The second-order valence-corrected chi connectivity index (χ2v) is 4.49. The van der Waals surface area contributed by atoms with E-state index in [1.165, 1.54) is 7.11 Å². The number of nitrogens with one attached hydrogen (secondary N) is 1. The Morgan fingerprint density at radius 2 is 2.15 bits per heavy atom. The number of carbonyl (C=O) groups is 1. The van der Waals surface area contributed by atoms with Gasteiger partial charge in [0.1, 0.15) is 17.4 Å². The summed E-state index contributed by atoms with van der Waals surface area (Å²) in [5.74, 6) is 0.311. The van der Waals surface area contributed by atoms with Gasteiger partial charge in [0, 0.05) is 6.61 Å². The second-order valence-electron chi connectivity index (χ2n) is 4.49. The van der Waals surface area contributed by atoms with Crippen LogP contribution in [0.5, 0.6) is 5.75 Å². The van der Waals surface area contributed by atoms with Gasteiger partial charge < -0.3 is 14.8 Å². The van der Waals surface area contributed by atoms with Crippen molar-refractivity contribution in [1.82, 2.24) is 0 Å². The van der Waals surface area contributed by atoms with Crippen molar-refractivity contribution in [2.75, 3.05) is 19.0 Å². The van der Waals surface area contributed by atoms with E-state index in [1.54, 1.807) is 25.1 Å². The molecule has 0 fully saturated rings. The van der Waals surface area contributed by atoms with Gasteiger partial charge >= 0.3 is 0 Å². The SMILES string of the molecule is CCO[C@](C)(CC)C(=O)Nc1ccc(OC)cc1C#N. The number of methoxy groups -OCH3 is 1. The van der Waals surface area contributed by atoms with E-state index in [0.717, 1.165) is 0 Å². The van der Waals surface area contributed by atoms with E-state index in [2.05, 4.69) is 5.32 Å². The van der Waals surface area contributed by atoms with Gasteiger partial charge in [-0.3, -0.25) is 4.79 Å². The van der Waals surface area contributed by atoms with Crippen LogP contribution in [0.3, 0.4) is 0 Å². The van der Waals surface area contributed by atoms with Crippen molar-refractivity contribution >= 4 is 11.6 Å². The second kappa shape index (κ2) is 6.92. The van der Waals surface area contributed by atoms with Gasteiger partial charge in [0.15, 0.2) is 0 Å². The fourth-order valence-electron chi connectivity index (χ4n) is 1.75. The first-order valence-electron chi connectivity index (χ1n) is 6.54. The van der Waals surface area contributed by atoms with Gasteiger partial charge in [-0.05, 0) is 38.5 Å². The lowest BCUT2D eigenvalue weighted by atomic mass is 10.0. The van der Waals surface area contributed by atoms with Crippen molar-refractivity contribution in [2.45, 2.75) is 32.8 Å². The number of amides is 1. The summed E-state index contributed by atoms with van der Waals surface area (Å²) in [4.78, 5) is 12.3. The third kappa shape index (κ3) is 3.49. The molecule has 0 radical (unpaired) electrons. The average Bonchev–Trinajstić information content (AvgIpc) is 2.47. The topological polar surface area (TPSA) is 71.3 Å². The third-order valence-corrected chi connectivity index (χ3v) is 3.21. The number of rotatable bonds is 6. The van der Waals surface area contributed by atoms with Crippen LogP contribution >= 0.6 is 0 Å². The monoisotopic (exact) mass is 276 g/mol. The Kier molecular flexibility index (Phi) is 5.53. The Bertz CT molecular complexity index is 522. The molecule has 1 aromatic rings. The molecule has 0 saturated heterocycles.